The van der Waals surface area contributed by atoms with Crippen LogP contribution in [-0.4, -0.2) is 50.9 Å². The maximum absolute atomic E-state index is 15.2. The van der Waals surface area contributed by atoms with Crippen molar-refractivity contribution in [2.75, 3.05) is 25.9 Å². The molecule has 2 unspecified atom stereocenters. The number of nitrogens with zero attached hydrogens (tertiary/aromatic N) is 1. The van der Waals surface area contributed by atoms with Crippen LogP contribution in [-0.2, 0) is 16.4 Å². The van der Waals surface area contributed by atoms with Gasteiger partial charge in [-0.2, -0.15) is 0 Å². The van der Waals surface area contributed by atoms with Crippen LogP contribution < -0.4 is 5.32 Å². The van der Waals surface area contributed by atoms with E-state index in [2.05, 4.69) is 34.5 Å². The Labute approximate surface area is 173 Å². The van der Waals surface area contributed by atoms with Gasteiger partial charge in [-0.25, -0.2) is 12.8 Å². The molecule has 1 aliphatic carbocycles. The van der Waals surface area contributed by atoms with Gasteiger partial charge in [0.15, 0.2) is 9.84 Å². The third kappa shape index (κ3) is 5.24. The van der Waals surface area contributed by atoms with Crippen LogP contribution in [0.5, 0.6) is 0 Å². The lowest BCUT2D eigenvalue weighted by Gasteiger charge is -2.36. The fraction of sp³-hybridized carbons (Fsp3) is 0.478. The number of piperidine rings is 1. The summed E-state index contributed by atoms with van der Waals surface area (Å²) in [5.74, 6) is 0.523. The van der Waals surface area contributed by atoms with E-state index >= 15 is 4.39 Å². The number of nitrogens with one attached hydrogen (secondary N) is 1. The highest BCUT2D eigenvalue weighted by atomic mass is 32.2. The molecule has 0 bridgehead atoms. The van der Waals surface area contributed by atoms with Crippen molar-refractivity contribution in [3.63, 3.8) is 0 Å². The minimum absolute atomic E-state index is 0.336. The third-order valence-corrected chi connectivity index (χ3v) is 7.34. The van der Waals surface area contributed by atoms with Crippen molar-refractivity contribution in [3.8, 4) is 0 Å². The summed E-state index contributed by atoms with van der Waals surface area (Å²) in [5, 5.41) is 3.45. The molecule has 0 amide bonds. The number of hydrogen-bond donors (Lipinski definition) is 1. The van der Waals surface area contributed by atoms with E-state index in [1.54, 1.807) is 12.1 Å². The number of alkyl halides is 1. The summed E-state index contributed by atoms with van der Waals surface area (Å²) in [6.45, 7) is 2.60. The Morgan fingerprint density at radius 1 is 1.07 bits per heavy atom. The molecular formula is C23H29FN2O2S. The predicted molar refractivity (Wildman–Crippen MR) is 113 cm³/mol. The highest BCUT2D eigenvalue weighted by molar-refractivity contribution is 7.90. The number of halogens is 1. The molecule has 1 N–H and O–H groups in total. The van der Waals surface area contributed by atoms with E-state index in [4.69, 9.17) is 0 Å². The molecule has 1 heterocycles. The van der Waals surface area contributed by atoms with Gasteiger partial charge in [-0.15, -0.1) is 0 Å². The van der Waals surface area contributed by atoms with E-state index in [9.17, 15) is 8.42 Å². The Bertz CT molecular complexity index is 923. The zero-order valence-electron chi connectivity index (χ0n) is 16.9. The smallest absolute Gasteiger partial charge is 0.175 e. The molecule has 2 aromatic rings. The molecule has 1 saturated heterocycles. The van der Waals surface area contributed by atoms with Crippen LogP contribution in [0.3, 0.4) is 0 Å². The normalized spacial score (nSPS) is 24.3. The zero-order chi connectivity index (χ0) is 20.5. The van der Waals surface area contributed by atoms with Crippen LogP contribution >= 0.6 is 0 Å². The standard InChI is InChI=1S/C23H29FN2O2S/c1-29(27,28)20-9-7-18(8-10-20)16-26-13-11-23(24,12-14-26)17-25-22-15-21(22)19-5-3-2-4-6-19/h2-10,21-22,25H,11-17H2,1H3. The van der Waals surface area contributed by atoms with E-state index in [0.29, 0.717) is 36.2 Å². The molecular weight excluding hydrogens is 387 g/mol. The first-order chi connectivity index (χ1) is 13.8. The Kier molecular flexibility index (Phi) is 5.78. The van der Waals surface area contributed by atoms with Gasteiger partial charge in [0.25, 0.3) is 0 Å². The molecule has 0 aromatic heterocycles. The largest absolute Gasteiger partial charge is 0.310 e. The molecule has 2 fully saturated rings. The van der Waals surface area contributed by atoms with Crippen molar-refractivity contribution in [1.82, 2.24) is 10.2 Å². The van der Waals surface area contributed by atoms with E-state index in [-0.39, 0.29) is 0 Å². The predicted octanol–water partition coefficient (Wildman–Crippen LogP) is 3.54. The monoisotopic (exact) mass is 416 g/mol. The lowest BCUT2D eigenvalue weighted by molar-refractivity contribution is 0.0544. The maximum Gasteiger partial charge on any atom is 0.175 e. The molecule has 2 aromatic carbocycles. The molecule has 4 rings (SSSR count). The number of sulfone groups is 1. The van der Waals surface area contributed by atoms with Gasteiger partial charge in [-0.3, -0.25) is 4.90 Å². The highest BCUT2D eigenvalue weighted by Crippen LogP contribution is 2.41. The van der Waals surface area contributed by atoms with Gasteiger partial charge in [-0.1, -0.05) is 42.5 Å². The second kappa shape index (κ2) is 8.17. The Hall–Kier alpha value is -1.76. The summed E-state index contributed by atoms with van der Waals surface area (Å²) in [6, 6.07) is 17.9. The van der Waals surface area contributed by atoms with E-state index < -0.39 is 15.5 Å². The average Bonchev–Trinajstić information content (AvgIpc) is 3.49. The Morgan fingerprint density at radius 3 is 2.34 bits per heavy atom. The first kappa shape index (κ1) is 20.5. The lowest BCUT2D eigenvalue weighted by Crippen LogP contribution is -2.47. The molecule has 2 atom stereocenters. The van der Waals surface area contributed by atoms with Crippen molar-refractivity contribution in [1.29, 1.82) is 0 Å². The van der Waals surface area contributed by atoms with Crippen molar-refractivity contribution in [3.05, 3.63) is 65.7 Å². The molecule has 156 valence electrons. The van der Waals surface area contributed by atoms with Gasteiger partial charge >= 0.3 is 0 Å². The fourth-order valence-corrected chi connectivity index (χ4v) is 4.82. The van der Waals surface area contributed by atoms with Gasteiger partial charge < -0.3 is 5.32 Å². The Balaban J connectivity index is 1.23. The number of hydrogen-bond acceptors (Lipinski definition) is 4. The quantitative estimate of drug-likeness (QED) is 0.750. The molecule has 29 heavy (non-hydrogen) atoms. The van der Waals surface area contributed by atoms with Gasteiger partial charge in [0.1, 0.15) is 5.67 Å². The van der Waals surface area contributed by atoms with Gasteiger partial charge in [0.05, 0.1) is 4.90 Å². The van der Waals surface area contributed by atoms with Crippen LogP contribution in [0.4, 0.5) is 4.39 Å². The summed E-state index contributed by atoms with van der Waals surface area (Å²) >= 11 is 0. The first-order valence-corrected chi connectivity index (χ1v) is 12.2. The van der Waals surface area contributed by atoms with Crippen molar-refractivity contribution >= 4 is 9.84 Å². The molecule has 4 nitrogen and oxygen atoms in total. The third-order valence-electron chi connectivity index (χ3n) is 6.21. The average molecular weight is 417 g/mol. The van der Waals surface area contributed by atoms with Crippen LogP contribution in [0, 0.1) is 0 Å². The molecule has 0 radical (unpaired) electrons. The topological polar surface area (TPSA) is 49.4 Å². The lowest BCUT2D eigenvalue weighted by atomic mass is 9.93. The summed E-state index contributed by atoms with van der Waals surface area (Å²) in [4.78, 5) is 2.58. The van der Waals surface area contributed by atoms with Gasteiger partial charge in [0, 0.05) is 44.4 Å². The van der Waals surface area contributed by atoms with Crippen molar-refractivity contribution in [2.24, 2.45) is 0 Å². The first-order valence-electron chi connectivity index (χ1n) is 10.3. The maximum atomic E-state index is 15.2. The van der Waals surface area contributed by atoms with Crippen LogP contribution in [0.25, 0.3) is 0 Å². The minimum Gasteiger partial charge on any atom is -0.310 e. The summed E-state index contributed by atoms with van der Waals surface area (Å²) in [6.07, 6.45) is 3.37. The summed E-state index contributed by atoms with van der Waals surface area (Å²) in [5.41, 5.74) is 1.26. The van der Waals surface area contributed by atoms with Gasteiger partial charge in [0.2, 0.25) is 0 Å². The minimum atomic E-state index is -3.17. The number of rotatable bonds is 7. The van der Waals surface area contributed by atoms with E-state index in [1.807, 2.05) is 18.2 Å². The van der Waals surface area contributed by atoms with Crippen LogP contribution in [0.2, 0.25) is 0 Å². The number of likely N-dealkylation sites (tertiary alicyclic amines) is 1. The molecule has 6 heteroatoms. The fourth-order valence-electron chi connectivity index (χ4n) is 4.19. The molecule has 1 saturated carbocycles. The molecule has 1 aliphatic heterocycles. The summed E-state index contributed by atoms with van der Waals surface area (Å²) < 4.78 is 38.4. The zero-order valence-corrected chi connectivity index (χ0v) is 17.7. The second-order valence-corrected chi connectivity index (χ2v) is 10.6. The molecule has 0 spiro atoms. The number of benzene rings is 2. The van der Waals surface area contributed by atoms with Crippen molar-refractivity contribution in [2.45, 2.75) is 48.3 Å². The van der Waals surface area contributed by atoms with Gasteiger partial charge in [-0.05, 0) is 42.5 Å². The van der Waals surface area contributed by atoms with Crippen LogP contribution in [0.1, 0.15) is 36.3 Å². The Morgan fingerprint density at radius 2 is 1.72 bits per heavy atom. The SMILES string of the molecule is CS(=O)(=O)c1ccc(CN2CCC(F)(CNC3CC3c3ccccc3)CC2)cc1. The van der Waals surface area contributed by atoms with E-state index in [1.165, 1.54) is 11.8 Å². The second-order valence-electron chi connectivity index (χ2n) is 8.58. The molecule has 2 aliphatic rings. The summed E-state index contributed by atoms with van der Waals surface area (Å²) in [7, 11) is -3.17. The van der Waals surface area contributed by atoms with Crippen molar-refractivity contribution < 1.29 is 12.8 Å². The van der Waals surface area contributed by atoms with Crippen LogP contribution in [0.15, 0.2) is 59.5 Å². The highest BCUT2D eigenvalue weighted by Gasteiger charge is 2.41. The van der Waals surface area contributed by atoms with E-state index in [0.717, 1.165) is 31.6 Å².